The molecule has 0 aromatic carbocycles. The molecule has 0 heterocycles. The van der Waals surface area contributed by atoms with Crippen LogP contribution in [0.3, 0.4) is 0 Å². The first-order chi connectivity index (χ1) is 4.00. The molecule has 0 atom stereocenters. The molecule has 0 aromatic heterocycles. The van der Waals surface area contributed by atoms with E-state index in [1.165, 1.54) is 0 Å². The first-order valence-corrected chi connectivity index (χ1v) is 4.44. The van der Waals surface area contributed by atoms with Gasteiger partial charge in [0.25, 0.3) is 0 Å². The van der Waals surface area contributed by atoms with Crippen LogP contribution < -0.4 is 0 Å². The predicted octanol–water partition coefficient (Wildman–Crippen LogP) is -1.01. The van der Waals surface area contributed by atoms with Crippen LogP contribution in [0.15, 0.2) is 0 Å². The van der Waals surface area contributed by atoms with Crippen LogP contribution in [0.2, 0.25) is 0 Å². The van der Waals surface area contributed by atoms with Gasteiger partial charge in [-0.2, -0.15) is 8.42 Å². The number of halogens is 2. The number of rotatable bonds is 0. The van der Waals surface area contributed by atoms with Crippen molar-refractivity contribution in [1.29, 1.82) is 0 Å². The molecule has 0 spiro atoms. The molecule has 0 radical (unpaired) electrons. The van der Waals surface area contributed by atoms with Gasteiger partial charge in [-0.05, 0) is 0 Å². The molecule has 0 fully saturated rings. The third kappa shape index (κ3) is 21600. The van der Waals surface area contributed by atoms with Crippen molar-refractivity contribution in [3.63, 3.8) is 0 Å². The SMILES string of the molecule is Cl.F.O=P(O)(O)O.O=S(=O)(O)O. The van der Waals surface area contributed by atoms with Gasteiger partial charge >= 0.3 is 18.2 Å². The van der Waals surface area contributed by atoms with Gasteiger partial charge < -0.3 is 14.7 Å². The highest BCUT2D eigenvalue weighted by Gasteiger charge is 2.00. The fourth-order valence-corrected chi connectivity index (χ4v) is 0. The Hall–Kier alpha value is 0.200. The zero-order valence-electron chi connectivity index (χ0n) is 5.13. The Kier molecular flexibility index (Phi) is 14.8. The van der Waals surface area contributed by atoms with Crippen molar-refractivity contribution in [2.45, 2.75) is 0 Å². The van der Waals surface area contributed by atoms with Gasteiger partial charge in [0.05, 0.1) is 0 Å². The second-order valence-corrected chi connectivity index (χ2v) is 2.88. The zero-order valence-corrected chi connectivity index (χ0v) is 7.66. The largest absolute Gasteiger partial charge is 0.466 e. The van der Waals surface area contributed by atoms with Gasteiger partial charge in [-0.25, -0.2) is 4.57 Å². The first kappa shape index (κ1) is 22.8. The summed E-state index contributed by atoms with van der Waals surface area (Å²) < 4.78 is 40.5. The van der Waals surface area contributed by atoms with E-state index in [2.05, 4.69) is 0 Å². The quantitative estimate of drug-likeness (QED) is 0.272. The molecular weight excluding hydrogens is 245 g/mol. The maximum atomic E-state index is 8.88. The van der Waals surface area contributed by atoms with E-state index in [0.29, 0.717) is 0 Å². The average molecular weight is 253 g/mol. The second kappa shape index (κ2) is 7.83. The second-order valence-electron chi connectivity index (χ2n) is 0.961. The van der Waals surface area contributed by atoms with Crippen LogP contribution in [0.1, 0.15) is 0 Å². The van der Waals surface area contributed by atoms with E-state index >= 15 is 0 Å². The highest BCUT2D eigenvalue weighted by atomic mass is 35.5. The van der Waals surface area contributed by atoms with Gasteiger partial charge in [0.1, 0.15) is 0 Å². The third-order valence-electron chi connectivity index (χ3n) is 0. The Morgan fingerprint density at radius 2 is 1.00 bits per heavy atom. The van der Waals surface area contributed by atoms with E-state index in [0.717, 1.165) is 0 Å². The van der Waals surface area contributed by atoms with Gasteiger partial charge in [0.2, 0.25) is 0 Å². The molecule has 12 heteroatoms. The minimum atomic E-state index is -4.67. The van der Waals surface area contributed by atoms with Crippen LogP contribution in [-0.4, -0.2) is 32.2 Å². The average Bonchev–Trinajstić information content (AvgIpc) is 1.12. The van der Waals surface area contributed by atoms with E-state index in [-0.39, 0.29) is 17.1 Å². The van der Waals surface area contributed by atoms with Crippen molar-refractivity contribution in [2.75, 3.05) is 0 Å². The van der Waals surface area contributed by atoms with Gasteiger partial charge in [-0.1, -0.05) is 0 Å². The Morgan fingerprint density at radius 1 is 1.00 bits per heavy atom. The summed E-state index contributed by atoms with van der Waals surface area (Å²) in [5.74, 6) is 0. The molecule has 0 aromatic rings. The lowest BCUT2D eigenvalue weighted by atomic mass is 15.8. The molecule has 8 nitrogen and oxygen atoms in total. The molecular formula is H7ClFO8PS. The van der Waals surface area contributed by atoms with Gasteiger partial charge in [-0.3, -0.25) is 13.8 Å². The van der Waals surface area contributed by atoms with Crippen molar-refractivity contribution >= 4 is 30.6 Å². The van der Waals surface area contributed by atoms with Gasteiger partial charge in [0, 0.05) is 0 Å². The number of hydrogen-bond donors (Lipinski definition) is 5. The summed E-state index contributed by atoms with van der Waals surface area (Å²) in [6.07, 6.45) is 0. The van der Waals surface area contributed by atoms with Crippen LogP contribution in [0.4, 0.5) is 4.70 Å². The topological polar surface area (TPSA) is 152 Å². The number of phosphoric acid groups is 1. The van der Waals surface area contributed by atoms with Crippen LogP contribution in [-0.2, 0) is 15.0 Å². The monoisotopic (exact) mass is 252 g/mol. The van der Waals surface area contributed by atoms with Crippen molar-refractivity contribution in [2.24, 2.45) is 0 Å². The summed E-state index contributed by atoms with van der Waals surface area (Å²) in [6.45, 7) is 0. The Morgan fingerprint density at radius 3 is 1.00 bits per heavy atom. The summed E-state index contributed by atoms with van der Waals surface area (Å²) in [6, 6.07) is 0. The highest BCUT2D eigenvalue weighted by molar-refractivity contribution is 7.79. The van der Waals surface area contributed by atoms with Crippen LogP contribution in [0, 0.1) is 0 Å². The van der Waals surface area contributed by atoms with Gasteiger partial charge in [-0.15, -0.1) is 12.4 Å². The maximum Gasteiger partial charge on any atom is 0.466 e. The molecule has 0 rings (SSSR count). The minimum Gasteiger partial charge on any atom is -0.303 e. The van der Waals surface area contributed by atoms with Crippen molar-refractivity contribution in [3.05, 3.63) is 0 Å². The predicted molar refractivity (Wildman–Crippen MR) is 38.2 cm³/mol. The van der Waals surface area contributed by atoms with Crippen LogP contribution >= 0.6 is 20.2 Å². The fraction of sp³-hybridized carbons (Fsp3) is 0. The van der Waals surface area contributed by atoms with E-state index in [1.54, 1.807) is 0 Å². The van der Waals surface area contributed by atoms with E-state index < -0.39 is 18.2 Å². The standard InChI is InChI=1S/ClH.FH.H3O4P.H2O4S/c;;2*1-5(2,3)4/h2*1H;(H3,1,2,3,4);(H2,1,2,3,4). The first-order valence-electron chi connectivity index (χ1n) is 1.48. The molecule has 0 amide bonds. The maximum absolute atomic E-state index is 8.88. The molecule has 80 valence electrons. The lowest BCUT2D eigenvalue weighted by Gasteiger charge is -1.82. The molecule has 0 aliphatic rings. The Balaban J connectivity index is -0.0000000457. The summed E-state index contributed by atoms with van der Waals surface area (Å²) >= 11 is 0. The van der Waals surface area contributed by atoms with Gasteiger partial charge in [0.15, 0.2) is 0 Å². The molecule has 0 unspecified atom stereocenters. The van der Waals surface area contributed by atoms with Crippen molar-refractivity contribution in [1.82, 2.24) is 0 Å². The molecule has 0 saturated heterocycles. The molecule has 5 N–H and O–H groups in total. The third-order valence-corrected chi connectivity index (χ3v) is 0. The Labute approximate surface area is 72.8 Å². The summed E-state index contributed by atoms with van der Waals surface area (Å²) in [4.78, 5) is 21.6. The smallest absolute Gasteiger partial charge is 0.303 e. The lowest BCUT2D eigenvalue weighted by Crippen LogP contribution is -1.89. The van der Waals surface area contributed by atoms with E-state index in [1.807, 2.05) is 0 Å². The fourth-order valence-electron chi connectivity index (χ4n) is 0. The minimum absolute atomic E-state index is 0. The van der Waals surface area contributed by atoms with E-state index in [9.17, 15) is 0 Å². The molecule has 0 aliphatic carbocycles. The van der Waals surface area contributed by atoms with Crippen LogP contribution in [0.25, 0.3) is 0 Å². The van der Waals surface area contributed by atoms with Crippen molar-refractivity contribution < 1.29 is 41.5 Å². The summed E-state index contributed by atoms with van der Waals surface area (Å²) in [5, 5.41) is 0. The molecule has 0 bridgehead atoms. The van der Waals surface area contributed by atoms with Crippen molar-refractivity contribution in [3.8, 4) is 0 Å². The Bertz CT molecular complexity index is 197. The normalized spacial score (nSPS) is 9.75. The zero-order chi connectivity index (χ0) is 9.00. The van der Waals surface area contributed by atoms with E-state index in [4.69, 9.17) is 36.8 Å². The highest BCUT2D eigenvalue weighted by Crippen LogP contribution is 2.25. The molecule has 12 heavy (non-hydrogen) atoms. The number of hydrogen-bond acceptors (Lipinski definition) is 3. The summed E-state index contributed by atoms with van der Waals surface area (Å²) in [5.41, 5.74) is 0. The van der Waals surface area contributed by atoms with Crippen LogP contribution in [0.5, 0.6) is 0 Å². The lowest BCUT2D eigenvalue weighted by molar-refractivity contribution is 0.275. The molecule has 0 saturated carbocycles. The molecule has 0 aliphatic heterocycles. The summed E-state index contributed by atoms with van der Waals surface area (Å²) in [7, 11) is -9.31.